The van der Waals surface area contributed by atoms with Crippen LogP contribution in [0.1, 0.15) is 16.6 Å². The van der Waals surface area contributed by atoms with Gasteiger partial charge in [0, 0.05) is 5.02 Å². The molecule has 0 unspecified atom stereocenters. The smallest absolute Gasteiger partial charge is 0.312 e. The molecule has 1 N–H and O–H groups in total. The maximum atomic E-state index is 11.6. The van der Waals surface area contributed by atoms with Gasteiger partial charge >= 0.3 is 5.97 Å². The van der Waals surface area contributed by atoms with Crippen molar-refractivity contribution in [1.29, 1.82) is 0 Å². The Hall–Kier alpha value is -1.60. The van der Waals surface area contributed by atoms with Crippen molar-refractivity contribution >= 4 is 69.7 Å². The number of carbonyl (C=O) groups is 1. The second kappa shape index (κ2) is 8.31. The molecule has 0 atom stereocenters. The molecule has 1 aromatic heterocycles. The molecule has 23 heavy (non-hydrogen) atoms. The van der Waals surface area contributed by atoms with Gasteiger partial charge in [-0.3, -0.25) is 5.43 Å². The largest absolute Gasteiger partial charge is 0.375 e. The van der Waals surface area contributed by atoms with E-state index in [2.05, 4.69) is 15.7 Å². The summed E-state index contributed by atoms with van der Waals surface area (Å²) >= 11 is 19.1. The third kappa shape index (κ3) is 5.21. The number of hydrogen-bond acceptors (Lipinski definition) is 6. The highest BCUT2D eigenvalue weighted by atomic mass is 35.5. The van der Waals surface area contributed by atoms with E-state index in [9.17, 15) is 4.79 Å². The van der Waals surface area contributed by atoms with Crippen LogP contribution in [-0.4, -0.2) is 17.9 Å². The quantitative estimate of drug-likeness (QED) is 0.426. The summed E-state index contributed by atoms with van der Waals surface area (Å²) in [6.07, 6.45) is 1.29. The summed E-state index contributed by atoms with van der Waals surface area (Å²) in [5, 5.41) is 10.5. The first kappa shape index (κ1) is 17.7. The molecular weight excluding hydrogens is 381 g/mol. The molecule has 9 heteroatoms. The van der Waals surface area contributed by atoms with E-state index in [4.69, 9.17) is 39.6 Å². The Labute approximate surface area is 151 Å². The molecule has 1 aromatic carbocycles. The fraction of sp³-hybridized carbons (Fsp3) is 0.0714. The van der Waals surface area contributed by atoms with Crippen molar-refractivity contribution in [3.63, 3.8) is 0 Å². The number of nitrogens with one attached hydrogen (secondary N) is 1. The Bertz CT molecular complexity index is 738. The van der Waals surface area contributed by atoms with Gasteiger partial charge in [-0.15, -0.1) is 11.3 Å². The first-order valence-electron chi connectivity index (χ1n) is 6.20. The van der Waals surface area contributed by atoms with Gasteiger partial charge in [-0.2, -0.15) is 5.10 Å². The number of hydrogen-bond donors (Lipinski definition) is 1. The standard InChI is InChI=1S/C14H10Cl3N3O2S/c1-8(7-18-22-14(21)12-3-2-4-23-12)19-20-13-10(16)5-9(15)6-11(13)17/h2-7,20H,1H3/b18-7-,19-8?. The number of nitrogens with zero attached hydrogens (tertiary/aromatic N) is 2. The van der Waals surface area contributed by atoms with E-state index in [1.54, 1.807) is 36.6 Å². The van der Waals surface area contributed by atoms with Crippen molar-refractivity contribution < 1.29 is 9.63 Å². The number of thiophene rings is 1. The van der Waals surface area contributed by atoms with Gasteiger partial charge in [0.1, 0.15) is 4.88 Å². The van der Waals surface area contributed by atoms with Crippen molar-refractivity contribution in [3.05, 3.63) is 49.6 Å². The minimum absolute atomic E-state index is 0.333. The Kier molecular flexibility index (Phi) is 6.41. The average molecular weight is 391 g/mol. The van der Waals surface area contributed by atoms with Crippen LogP contribution in [0.2, 0.25) is 15.1 Å². The van der Waals surface area contributed by atoms with Crippen LogP contribution >= 0.6 is 46.1 Å². The maximum Gasteiger partial charge on any atom is 0.375 e. The minimum atomic E-state index is -0.527. The molecule has 2 rings (SSSR count). The van der Waals surface area contributed by atoms with Gasteiger partial charge < -0.3 is 4.84 Å². The normalized spacial score (nSPS) is 11.7. The molecule has 0 saturated heterocycles. The van der Waals surface area contributed by atoms with E-state index >= 15 is 0 Å². The zero-order valence-electron chi connectivity index (χ0n) is 11.7. The van der Waals surface area contributed by atoms with Crippen molar-refractivity contribution in [1.82, 2.24) is 0 Å². The van der Waals surface area contributed by atoms with Gasteiger partial charge in [0.25, 0.3) is 0 Å². The topological polar surface area (TPSA) is 63.0 Å². The first-order valence-corrected chi connectivity index (χ1v) is 8.22. The molecule has 0 fully saturated rings. The van der Waals surface area contributed by atoms with Gasteiger partial charge in [-0.25, -0.2) is 4.79 Å². The molecule has 5 nitrogen and oxygen atoms in total. The predicted octanol–water partition coefficient (Wildman–Crippen LogP) is 5.34. The zero-order chi connectivity index (χ0) is 16.8. The van der Waals surface area contributed by atoms with Crippen LogP contribution in [0.15, 0.2) is 39.9 Å². The molecule has 0 amide bonds. The fourth-order valence-electron chi connectivity index (χ4n) is 1.41. The van der Waals surface area contributed by atoms with E-state index in [1.165, 1.54) is 17.6 Å². The van der Waals surface area contributed by atoms with Gasteiger partial charge in [0.2, 0.25) is 0 Å². The lowest BCUT2D eigenvalue weighted by Crippen LogP contribution is -2.02. The number of anilines is 1. The van der Waals surface area contributed by atoms with Crippen LogP contribution in [0, 0.1) is 0 Å². The molecule has 1 heterocycles. The van der Waals surface area contributed by atoms with Crippen LogP contribution < -0.4 is 5.43 Å². The molecule has 2 aromatic rings. The van der Waals surface area contributed by atoms with Crippen molar-refractivity contribution in [2.45, 2.75) is 6.92 Å². The third-order valence-corrected chi connectivity index (χ3v) is 4.11. The SMILES string of the molecule is CC(/C=N\OC(=O)c1cccs1)=NNc1c(Cl)cc(Cl)cc1Cl. The van der Waals surface area contributed by atoms with E-state index in [1.807, 2.05) is 0 Å². The Morgan fingerprint density at radius 1 is 1.30 bits per heavy atom. The van der Waals surface area contributed by atoms with Gasteiger partial charge in [0.15, 0.2) is 0 Å². The summed E-state index contributed by atoms with van der Waals surface area (Å²) in [6, 6.07) is 6.48. The molecule has 0 aliphatic heterocycles. The van der Waals surface area contributed by atoms with E-state index < -0.39 is 5.97 Å². The van der Waals surface area contributed by atoms with Gasteiger partial charge in [-0.05, 0) is 30.5 Å². The lowest BCUT2D eigenvalue weighted by atomic mass is 10.3. The number of carbonyl (C=O) groups excluding carboxylic acids is 1. The Morgan fingerprint density at radius 2 is 2.00 bits per heavy atom. The Balaban J connectivity index is 1.95. The lowest BCUT2D eigenvalue weighted by molar-refractivity contribution is 0.0525. The highest BCUT2D eigenvalue weighted by molar-refractivity contribution is 7.11. The summed E-state index contributed by atoms with van der Waals surface area (Å²) in [5.74, 6) is -0.527. The summed E-state index contributed by atoms with van der Waals surface area (Å²) in [6.45, 7) is 1.66. The number of benzene rings is 1. The molecule has 0 radical (unpaired) electrons. The number of oxime groups is 1. The summed E-state index contributed by atoms with van der Waals surface area (Å²) in [4.78, 5) is 16.8. The highest BCUT2D eigenvalue weighted by Gasteiger charge is 2.08. The molecule has 0 spiro atoms. The molecule has 0 bridgehead atoms. The second-order valence-corrected chi connectivity index (χ2v) is 6.40. The zero-order valence-corrected chi connectivity index (χ0v) is 14.8. The Morgan fingerprint density at radius 3 is 2.61 bits per heavy atom. The fourth-order valence-corrected chi connectivity index (χ4v) is 2.91. The van der Waals surface area contributed by atoms with Crippen LogP contribution in [0.4, 0.5) is 5.69 Å². The number of halogens is 3. The number of rotatable bonds is 5. The van der Waals surface area contributed by atoms with Crippen LogP contribution in [0.5, 0.6) is 0 Å². The number of hydrazone groups is 1. The molecule has 120 valence electrons. The van der Waals surface area contributed by atoms with E-state index in [0.29, 0.717) is 31.3 Å². The molecule has 0 saturated carbocycles. The lowest BCUT2D eigenvalue weighted by Gasteiger charge is -2.06. The van der Waals surface area contributed by atoms with Crippen molar-refractivity contribution in [2.24, 2.45) is 10.3 Å². The monoisotopic (exact) mass is 389 g/mol. The second-order valence-electron chi connectivity index (χ2n) is 4.20. The highest BCUT2D eigenvalue weighted by Crippen LogP contribution is 2.33. The maximum absolute atomic E-state index is 11.6. The minimum Gasteiger partial charge on any atom is -0.312 e. The van der Waals surface area contributed by atoms with Crippen LogP contribution in [0.3, 0.4) is 0 Å². The first-order chi connectivity index (χ1) is 11.0. The molecular formula is C14H10Cl3N3O2S. The van der Waals surface area contributed by atoms with E-state index in [-0.39, 0.29) is 0 Å². The summed E-state index contributed by atoms with van der Waals surface area (Å²) in [5.41, 5.74) is 3.58. The van der Waals surface area contributed by atoms with Crippen LogP contribution in [0.25, 0.3) is 0 Å². The predicted molar refractivity (Wildman–Crippen MR) is 96.4 cm³/mol. The van der Waals surface area contributed by atoms with Crippen molar-refractivity contribution in [2.75, 3.05) is 5.43 Å². The van der Waals surface area contributed by atoms with Gasteiger partial charge in [-0.1, -0.05) is 46.0 Å². The average Bonchev–Trinajstić information content (AvgIpc) is 3.00. The summed E-state index contributed by atoms with van der Waals surface area (Å²) < 4.78 is 0. The summed E-state index contributed by atoms with van der Waals surface area (Å²) in [7, 11) is 0. The third-order valence-electron chi connectivity index (χ3n) is 2.45. The molecule has 0 aliphatic rings. The molecule has 0 aliphatic carbocycles. The van der Waals surface area contributed by atoms with Gasteiger partial charge in [0.05, 0.1) is 27.7 Å². The van der Waals surface area contributed by atoms with E-state index in [0.717, 1.165) is 0 Å². The van der Waals surface area contributed by atoms with Crippen molar-refractivity contribution in [3.8, 4) is 0 Å². The van der Waals surface area contributed by atoms with Crippen LogP contribution in [-0.2, 0) is 4.84 Å².